The molecular formula is C19H20N4O. The maximum Gasteiger partial charge on any atom is 0.290 e. The first-order valence-corrected chi connectivity index (χ1v) is 8.07. The minimum Gasteiger partial charge on any atom is -0.349 e. The van der Waals surface area contributed by atoms with Crippen molar-refractivity contribution in [3.05, 3.63) is 66.0 Å². The van der Waals surface area contributed by atoms with E-state index >= 15 is 0 Å². The Kier molecular flexibility index (Phi) is 4.70. The molecule has 1 amide bonds. The van der Waals surface area contributed by atoms with Crippen LogP contribution in [-0.4, -0.2) is 27.2 Å². The second kappa shape index (κ2) is 7.08. The van der Waals surface area contributed by atoms with Gasteiger partial charge >= 0.3 is 0 Å². The molecule has 2 aromatic carbocycles. The van der Waals surface area contributed by atoms with E-state index in [1.54, 1.807) is 4.68 Å². The number of rotatable bonds is 5. The summed E-state index contributed by atoms with van der Waals surface area (Å²) in [5.74, 6) is 0.596. The number of aryl methyl sites for hydroxylation is 1. The van der Waals surface area contributed by atoms with E-state index in [0.717, 1.165) is 23.2 Å². The minimum atomic E-state index is -0.249. The van der Waals surface area contributed by atoms with Crippen molar-refractivity contribution in [1.82, 2.24) is 20.1 Å². The number of carbonyl (C=O) groups is 1. The summed E-state index contributed by atoms with van der Waals surface area (Å²) in [6, 6.07) is 17.7. The fraction of sp³-hybridized carbons (Fsp3) is 0.211. The van der Waals surface area contributed by atoms with Crippen LogP contribution < -0.4 is 5.32 Å². The van der Waals surface area contributed by atoms with Crippen LogP contribution in [0, 0.1) is 6.92 Å². The molecule has 0 fully saturated rings. The molecule has 5 heteroatoms. The van der Waals surface area contributed by atoms with Crippen molar-refractivity contribution in [1.29, 1.82) is 0 Å². The van der Waals surface area contributed by atoms with Gasteiger partial charge in [0.1, 0.15) is 0 Å². The van der Waals surface area contributed by atoms with E-state index in [1.165, 1.54) is 0 Å². The molecule has 122 valence electrons. The number of amides is 1. The SMILES string of the molecule is CCCNC(=O)c1nc(-c2ccccc2)n(-c2ccccc2C)n1. The smallest absolute Gasteiger partial charge is 0.290 e. The Morgan fingerprint density at radius 3 is 2.50 bits per heavy atom. The van der Waals surface area contributed by atoms with Crippen molar-refractivity contribution >= 4 is 5.91 Å². The minimum absolute atomic E-state index is 0.186. The van der Waals surface area contributed by atoms with Crippen LogP contribution in [0.3, 0.4) is 0 Å². The quantitative estimate of drug-likeness (QED) is 0.784. The van der Waals surface area contributed by atoms with Gasteiger partial charge in [0.2, 0.25) is 5.82 Å². The lowest BCUT2D eigenvalue weighted by molar-refractivity contribution is 0.0943. The average molecular weight is 320 g/mol. The van der Waals surface area contributed by atoms with Gasteiger partial charge in [-0.15, -0.1) is 5.10 Å². The highest BCUT2D eigenvalue weighted by Crippen LogP contribution is 2.22. The van der Waals surface area contributed by atoms with Gasteiger partial charge in [-0.2, -0.15) is 0 Å². The van der Waals surface area contributed by atoms with Gasteiger partial charge in [-0.25, -0.2) is 9.67 Å². The van der Waals surface area contributed by atoms with Gasteiger partial charge in [0.15, 0.2) is 5.82 Å². The summed E-state index contributed by atoms with van der Waals surface area (Å²) in [6.07, 6.45) is 0.871. The fourth-order valence-electron chi connectivity index (χ4n) is 2.47. The Hall–Kier alpha value is -2.95. The molecule has 0 spiro atoms. The average Bonchev–Trinajstić information content (AvgIpc) is 3.06. The van der Waals surface area contributed by atoms with E-state index in [9.17, 15) is 4.79 Å². The van der Waals surface area contributed by atoms with E-state index in [-0.39, 0.29) is 11.7 Å². The molecule has 1 N–H and O–H groups in total. The number of aromatic nitrogens is 3. The van der Waals surface area contributed by atoms with Crippen LogP contribution in [-0.2, 0) is 0 Å². The molecule has 1 heterocycles. The van der Waals surface area contributed by atoms with Gasteiger partial charge in [-0.05, 0) is 25.0 Å². The molecule has 0 aliphatic heterocycles. The second-order valence-corrected chi connectivity index (χ2v) is 5.58. The van der Waals surface area contributed by atoms with Gasteiger partial charge in [-0.1, -0.05) is 55.5 Å². The molecule has 0 saturated carbocycles. The van der Waals surface area contributed by atoms with Crippen molar-refractivity contribution in [2.45, 2.75) is 20.3 Å². The fourth-order valence-corrected chi connectivity index (χ4v) is 2.47. The maximum atomic E-state index is 12.3. The van der Waals surface area contributed by atoms with Gasteiger partial charge in [0.05, 0.1) is 5.69 Å². The summed E-state index contributed by atoms with van der Waals surface area (Å²) in [5.41, 5.74) is 2.90. The molecule has 1 aromatic heterocycles. The number of hydrogen-bond acceptors (Lipinski definition) is 3. The van der Waals surface area contributed by atoms with Gasteiger partial charge in [0, 0.05) is 12.1 Å². The lowest BCUT2D eigenvalue weighted by Gasteiger charge is -2.08. The zero-order valence-corrected chi connectivity index (χ0v) is 13.9. The number of hydrogen-bond donors (Lipinski definition) is 1. The largest absolute Gasteiger partial charge is 0.349 e. The number of nitrogens with zero attached hydrogens (tertiary/aromatic N) is 3. The van der Waals surface area contributed by atoms with Crippen molar-refractivity contribution in [3.63, 3.8) is 0 Å². The molecule has 24 heavy (non-hydrogen) atoms. The Morgan fingerprint density at radius 1 is 1.08 bits per heavy atom. The van der Waals surface area contributed by atoms with Crippen LogP contribution in [0.2, 0.25) is 0 Å². The lowest BCUT2D eigenvalue weighted by Crippen LogP contribution is -2.25. The molecule has 0 aliphatic rings. The van der Waals surface area contributed by atoms with Gasteiger partial charge < -0.3 is 5.32 Å². The van der Waals surface area contributed by atoms with E-state index in [1.807, 2.05) is 68.4 Å². The topological polar surface area (TPSA) is 59.8 Å². The van der Waals surface area contributed by atoms with Crippen LogP contribution in [0.4, 0.5) is 0 Å². The lowest BCUT2D eigenvalue weighted by atomic mass is 10.2. The van der Waals surface area contributed by atoms with E-state index < -0.39 is 0 Å². The van der Waals surface area contributed by atoms with Crippen LogP contribution in [0.5, 0.6) is 0 Å². The summed E-state index contributed by atoms with van der Waals surface area (Å²) >= 11 is 0. The third-order valence-corrected chi connectivity index (χ3v) is 3.72. The highest BCUT2D eigenvalue weighted by molar-refractivity contribution is 5.91. The highest BCUT2D eigenvalue weighted by Gasteiger charge is 2.18. The third kappa shape index (κ3) is 3.20. The molecule has 0 saturated heterocycles. The molecule has 5 nitrogen and oxygen atoms in total. The second-order valence-electron chi connectivity index (χ2n) is 5.58. The van der Waals surface area contributed by atoms with Crippen molar-refractivity contribution in [2.24, 2.45) is 0 Å². The molecule has 0 radical (unpaired) electrons. The molecule has 0 aliphatic carbocycles. The molecule has 0 unspecified atom stereocenters. The van der Waals surface area contributed by atoms with Crippen molar-refractivity contribution in [2.75, 3.05) is 6.54 Å². The summed E-state index contributed by atoms with van der Waals surface area (Å²) in [6.45, 7) is 4.63. The highest BCUT2D eigenvalue weighted by atomic mass is 16.2. The summed E-state index contributed by atoms with van der Waals surface area (Å²) in [5, 5.41) is 7.29. The predicted octanol–water partition coefficient (Wildman–Crippen LogP) is 3.38. The summed E-state index contributed by atoms with van der Waals surface area (Å²) in [4.78, 5) is 16.8. The van der Waals surface area contributed by atoms with Gasteiger partial charge in [-0.3, -0.25) is 4.79 Å². The van der Waals surface area contributed by atoms with E-state index in [0.29, 0.717) is 12.4 Å². The number of benzene rings is 2. The first-order valence-electron chi connectivity index (χ1n) is 8.07. The number of para-hydroxylation sites is 1. The molecule has 0 atom stereocenters. The Bertz CT molecular complexity index is 840. The number of carbonyl (C=O) groups excluding carboxylic acids is 1. The predicted molar refractivity (Wildman–Crippen MR) is 94.2 cm³/mol. The Balaban J connectivity index is 2.11. The molecule has 0 bridgehead atoms. The standard InChI is InChI=1S/C19H20N4O/c1-3-13-20-19(24)17-21-18(15-10-5-4-6-11-15)23(22-17)16-12-8-7-9-14(16)2/h4-12H,3,13H2,1-2H3,(H,20,24). The molecule has 3 rings (SSSR count). The zero-order chi connectivity index (χ0) is 16.9. The Labute approximate surface area is 141 Å². The summed E-state index contributed by atoms with van der Waals surface area (Å²) in [7, 11) is 0. The summed E-state index contributed by atoms with van der Waals surface area (Å²) < 4.78 is 1.74. The zero-order valence-electron chi connectivity index (χ0n) is 13.9. The van der Waals surface area contributed by atoms with Gasteiger partial charge in [0.25, 0.3) is 5.91 Å². The molecular weight excluding hydrogens is 300 g/mol. The first-order chi connectivity index (χ1) is 11.7. The van der Waals surface area contributed by atoms with Crippen molar-refractivity contribution in [3.8, 4) is 17.1 Å². The normalized spacial score (nSPS) is 10.6. The Morgan fingerprint density at radius 2 is 1.79 bits per heavy atom. The maximum absolute atomic E-state index is 12.3. The van der Waals surface area contributed by atoms with Crippen LogP contribution in [0.15, 0.2) is 54.6 Å². The van der Waals surface area contributed by atoms with E-state index in [4.69, 9.17) is 0 Å². The van der Waals surface area contributed by atoms with Crippen LogP contribution in [0.1, 0.15) is 29.5 Å². The van der Waals surface area contributed by atoms with Crippen LogP contribution >= 0.6 is 0 Å². The van der Waals surface area contributed by atoms with E-state index in [2.05, 4.69) is 15.4 Å². The monoisotopic (exact) mass is 320 g/mol. The van der Waals surface area contributed by atoms with Crippen LogP contribution in [0.25, 0.3) is 17.1 Å². The number of nitrogens with one attached hydrogen (secondary N) is 1. The first kappa shape index (κ1) is 15.9. The van der Waals surface area contributed by atoms with Crippen molar-refractivity contribution < 1.29 is 4.79 Å². The molecule has 3 aromatic rings. The third-order valence-electron chi connectivity index (χ3n) is 3.72.